The molecule has 3 rings (SSSR count). The monoisotopic (exact) mass is 399 g/mol. The van der Waals surface area contributed by atoms with Gasteiger partial charge in [0, 0.05) is 22.8 Å². The first-order chi connectivity index (χ1) is 13.3. The van der Waals surface area contributed by atoms with Gasteiger partial charge in [-0.1, -0.05) is 41.4 Å². The van der Waals surface area contributed by atoms with Crippen molar-refractivity contribution in [2.75, 3.05) is 0 Å². The maximum atomic E-state index is 12.9. The lowest BCUT2D eigenvalue weighted by molar-refractivity contribution is -0.122. The van der Waals surface area contributed by atoms with Crippen molar-refractivity contribution in [3.8, 4) is 0 Å². The van der Waals surface area contributed by atoms with Crippen LogP contribution in [0.5, 0.6) is 0 Å². The zero-order valence-electron chi connectivity index (χ0n) is 15.7. The Morgan fingerprint density at radius 3 is 2.43 bits per heavy atom. The van der Waals surface area contributed by atoms with Gasteiger partial charge in [0.05, 0.1) is 5.54 Å². The van der Waals surface area contributed by atoms with Crippen molar-refractivity contribution in [2.24, 2.45) is 0 Å². The molecule has 1 fully saturated rings. The van der Waals surface area contributed by atoms with Crippen LogP contribution in [0.3, 0.4) is 0 Å². The van der Waals surface area contributed by atoms with Crippen LogP contribution in [0.2, 0.25) is 10.8 Å². The average molecular weight is 400 g/mol. The molecule has 2 aromatic rings. The number of hydrogen-bond acceptors (Lipinski definition) is 4. The van der Waals surface area contributed by atoms with Gasteiger partial charge in [-0.05, 0) is 56.0 Å². The zero-order chi connectivity index (χ0) is 20.3. The molecule has 0 heterocycles. The minimum atomic E-state index is -1.60. The molecule has 0 aliphatic heterocycles. The number of amides is 1. The average Bonchev–Trinajstić information content (AvgIpc) is 3.42. The lowest BCUT2D eigenvalue weighted by Gasteiger charge is -2.21. The highest BCUT2D eigenvalue weighted by molar-refractivity contribution is 6.43. The quantitative estimate of drug-likeness (QED) is 0.596. The molecule has 0 radical (unpaired) electrons. The van der Waals surface area contributed by atoms with Crippen LogP contribution >= 0.6 is 11.6 Å². The van der Waals surface area contributed by atoms with Crippen LogP contribution < -0.4 is 5.32 Å². The second-order valence-corrected chi connectivity index (χ2v) is 7.97. The van der Waals surface area contributed by atoms with E-state index in [1.165, 1.54) is 0 Å². The van der Waals surface area contributed by atoms with E-state index in [0.29, 0.717) is 29.8 Å². The van der Waals surface area contributed by atoms with E-state index < -0.39 is 18.5 Å². The molecule has 28 heavy (non-hydrogen) atoms. The summed E-state index contributed by atoms with van der Waals surface area (Å²) in [4.78, 5) is 25.3. The van der Waals surface area contributed by atoms with Gasteiger partial charge >= 0.3 is 7.12 Å². The lowest BCUT2D eigenvalue weighted by Crippen LogP contribution is -2.44. The molecular formula is C21H23BClNO4. The van der Waals surface area contributed by atoms with Gasteiger partial charge in [0.15, 0.2) is 5.78 Å². The van der Waals surface area contributed by atoms with Crippen molar-refractivity contribution in [1.82, 2.24) is 5.32 Å². The van der Waals surface area contributed by atoms with Crippen molar-refractivity contribution >= 4 is 30.4 Å². The Kier molecular flexibility index (Phi) is 6.23. The summed E-state index contributed by atoms with van der Waals surface area (Å²) in [5.41, 5.74) is 1.54. The van der Waals surface area contributed by atoms with E-state index >= 15 is 0 Å². The molecule has 0 bridgehead atoms. The maximum Gasteiger partial charge on any atom is 0.455 e. The highest BCUT2D eigenvalue weighted by Gasteiger charge is 2.51. The van der Waals surface area contributed by atoms with Gasteiger partial charge in [-0.15, -0.1) is 0 Å². The van der Waals surface area contributed by atoms with Gasteiger partial charge in [-0.25, -0.2) is 0 Å². The Labute approximate surface area is 169 Å². The third-order valence-corrected chi connectivity index (χ3v) is 5.44. The summed E-state index contributed by atoms with van der Waals surface area (Å²) >= 11 is 5.84. The molecule has 0 unspecified atom stereocenters. The van der Waals surface area contributed by atoms with E-state index in [1.807, 2.05) is 31.2 Å². The van der Waals surface area contributed by atoms with Gasteiger partial charge < -0.3 is 15.4 Å². The predicted molar refractivity (Wildman–Crippen MR) is 109 cm³/mol. The molecule has 0 aromatic heterocycles. The normalized spacial score (nSPS) is 15.6. The molecule has 3 N–H and O–H groups in total. The minimum absolute atomic E-state index is 0.00743. The number of halogens is 1. The van der Waals surface area contributed by atoms with E-state index in [0.717, 1.165) is 11.1 Å². The second-order valence-electron chi connectivity index (χ2n) is 7.54. The van der Waals surface area contributed by atoms with Crippen molar-refractivity contribution in [2.45, 2.75) is 44.0 Å². The zero-order valence-corrected chi connectivity index (χ0v) is 16.4. The summed E-state index contributed by atoms with van der Waals surface area (Å²) in [5.74, 6) is -1.12. The second kappa shape index (κ2) is 8.47. The maximum absolute atomic E-state index is 12.9. The lowest BCUT2D eigenvalue weighted by atomic mass is 9.66. The Morgan fingerprint density at radius 1 is 1.18 bits per heavy atom. The van der Waals surface area contributed by atoms with Crippen LogP contribution in [-0.2, 0) is 11.2 Å². The molecule has 1 saturated carbocycles. The minimum Gasteiger partial charge on any atom is -0.427 e. The third-order valence-electron chi connectivity index (χ3n) is 5.19. The molecular weight excluding hydrogens is 376 g/mol. The van der Waals surface area contributed by atoms with Crippen molar-refractivity contribution < 1.29 is 19.6 Å². The molecule has 1 aliphatic rings. The summed E-state index contributed by atoms with van der Waals surface area (Å²) in [6.07, 6.45) is 1.49. The van der Waals surface area contributed by atoms with Gasteiger partial charge in [-0.3, -0.25) is 9.59 Å². The molecule has 7 heteroatoms. The van der Waals surface area contributed by atoms with Gasteiger partial charge in [0.1, 0.15) is 0 Å². The van der Waals surface area contributed by atoms with E-state index in [2.05, 4.69) is 5.32 Å². The van der Waals surface area contributed by atoms with Crippen LogP contribution in [0.25, 0.3) is 0 Å². The first kappa shape index (κ1) is 20.6. The van der Waals surface area contributed by atoms with Crippen LogP contribution in [0.4, 0.5) is 0 Å². The van der Waals surface area contributed by atoms with Crippen LogP contribution in [-0.4, -0.2) is 34.4 Å². The molecule has 0 saturated heterocycles. The van der Waals surface area contributed by atoms with Crippen molar-refractivity contribution in [1.29, 1.82) is 0 Å². The van der Waals surface area contributed by atoms with Crippen LogP contribution in [0, 0.1) is 6.92 Å². The number of carbonyl (C=O) groups excluding carboxylic acids is 2. The number of carbonyl (C=O) groups is 2. The SMILES string of the molecule is Cc1cccc(C[C@H](CC(=O)C2(NC(=O)c3ccc(Cl)cc3)CC2)B(O)O)c1. The fourth-order valence-electron chi connectivity index (χ4n) is 3.35. The first-order valence-corrected chi connectivity index (χ1v) is 9.70. The van der Waals surface area contributed by atoms with Crippen molar-refractivity contribution in [3.63, 3.8) is 0 Å². The number of nitrogens with one attached hydrogen (secondary N) is 1. The smallest absolute Gasteiger partial charge is 0.427 e. The largest absolute Gasteiger partial charge is 0.455 e. The summed E-state index contributed by atoms with van der Waals surface area (Å²) in [5, 5.41) is 22.9. The Hall–Kier alpha value is -2.15. The van der Waals surface area contributed by atoms with Crippen LogP contribution in [0.1, 0.15) is 40.7 Å². The number of aryl methyl sites for hydroxylation is 1. The molecule has 146 valence electrons. The number of hydrogen-bond donors (Lipinski definition) is 3. The number of benzene rings is 2. The molecule has 0 spiro atoms. The summed E-state index contributed by atoms with van der Waals surface area (Å²) in [7, 11) is -1.60. The van der Waals surface area contributed by atoms with Crippen molar-refractivity contribution in [3.05, 3.63) is 70.2 Å². The molecule has 1 amide bonds. The standard InChI is InChI=1S/C21H23BClNO4/c1-14-3-2-4-15(11-14)12-17(22(27)28)13-19(25)21(9-10-21)24-20(26)16-5-7-18(23)8-6-16/h2-8,11,17,27-28H,9-10,12-13H2,1H3,(H,24,26)/t17-/m1/s1. The van der Waals surface area contributed by atoms with Gasteiger partial charge in [-0.2, -0.15) is 0 Å². The third kappa shape index (κ3) is 5.01. The summed E-state index contributed by atoms with van der Waals surface area (Å²) < 4.78 is 0. The van der Waals surface area contributed by atoms with Crippen LogP contribution in [0.15, 0.2) is 48.5 Å². The molecule has 2 aromatic carbocycles. The number of rotatable bonds is 8. The predicted octanol–water partition coefficient (Wildman–Crippen LogP) is 2.96. The Balaban J connectivity index is 1.65. The summed E-state index contributed by atoms with van der Waals surface area (Å²) in [6, 6.07) is 14.2. The van der Waals surface area contributed by atoms with Gasteiger partial charge in [0.2, 0.25) is 0 Å². The summed E-state index contributed by atoms with van der Waals surface area (Å²) in [6.45, 7) is 1.96. The van der Waals surface area contributed by atoms with E-state index in [9.17, 15) is 19.6 Å². The molecule has 1 atom stereocenters. The highest BCUT2D eigenvalue weighted by Crippen LogP contribution is 2.39. The fraction of sp³-hybridized carbons (Fsp3) is 0.333. The van der Waals surface area contributed by atoms with E-state index in [1.54, 1.807) is 24.3 Å². The number of Topliss-reactive ketones (excluding diaryl/α,β-unsaturated/α-hetero) is 1. The molecule has 1 aliphatic carbocycles. The topological polar surface area (TPSA) is 86.6 Å². The fourth-order valence-corrected chi connectivity index (χ4v) is 3.47. The highest BCUT2D eigenvalue weighted by atomic mass is 35.5. The van der Waals surface area contributed by atoms with Gasteiger partial charge in [0.25, 0.3) is 5.91 Å². The Morgan fingerprint density at radius 2 is 1.86 bits per heavy atom. The van der Waals surface area contributed by atoms with E-state index in [4.69, 9.17) is 11.6 Å². The van der Waals surface area contributed by atoms with E-state index in [-0.39, 0.29) is 18.1 Å². The molecule has 5 nitrogen and oxygen atoms in total. The first-order valence-electron chi connectivity index (χ1n) is 9.32. The number of ketones is 1. The Bertz CT molecular complexity index is 865.